The Hall–Kier alpha value is -1.06. The van der Waals surface area contributed by atoms with Crippen LogP contribution in [0.25, 0.3) is 0 Å². The van der Waals surface area contributed by atoms with Crippen LogP contribution in [0.5, 0.6) is 0 Å². The van der Waals surface area contributed by atoms with Crippen LogP contribution in [0.15, 0.2) is 0 Å². The minimum atomic E-state index is -1.29. The average molecular weight is 357 g/mol. The molecule has 0 rings (SSSR count). The van der Waals surface area contributed by atoms with Crippen LogP contribution in [-0.4, -0.2) is 22.2 Å². The first-order chi connectivity index (χ1) is 11.9. The number of unbranched alkanes of at least 4 members (excludes halogenated alkanes) is 10. The fraction of sp³-hybridized carbons (Fsp3) is 0.905. The maximum atomic E-state index is 11.4. The van der Waals surface area contributed by atoms with Crippen molar-refractivity contribution in [2.24, 2.45) is 11.3 Å². The van der Waals surface area contributed by atoms with Crippen LogP contribution < -0.4 is 0 Å². The molecule has 0 heterocycles. The number of hydrogen-bond acceptors (Lipinski definition) is 2. The van der Waals surface area contributed by atoms with E-state index >= 15 is 0 Å². The summed E-state index contributed by atoms with van der Waals surface area (Å²) >= 11 is 0. The lowest BCUT2D eigenvalue weighted by molar-refractivity contribution is -0.162. The number of carboxylic acid groups (broad SMARTS) is 2. The van der Waals surface area contributed by atoms with Crippen molar-refractivity contribution < 1.29 is 19.8 Å². The summed E-state index contributed by atoms with van der Waals surface area (Å²) in [6, 6.07) is 0. The summed E-state index contributed by atoms with van der Waals surface area (Å²) in [5, 5.41) is 18.7. The third-order valence-electron chi connectivity index (χ3n) is 5.79. The Morgan fingerprint density at radius 3 is 1.36 bits per heavy atom. The molecule has 0 saturated heterocycles. The summed E-state index contributed by atoms with van der Waals surface area (Å²) in [7, 11) is 0. The van der Waals surface area contributed by atoms with Gasteiger partial charge >= 0.3 is 11.9 Å². The number of aliphatic carboxylic acids is 2. The summed E-state index contributed by atoms with van der Waals surface area (Å²) in [5.74, 6) is -3.68. The van der Waals surface area contributed by atoms with Crippen molar-refractivity contribution in [1.29, 1.82) is 0 Å². The van der Waals surface area contributed by atoms with Gasteiger partial charge in [-0.1, -0.05) is 91.4 Å². The molecule has 0 radical (unpaired) electrons. The van der Waals surface area contributed by atoms with Gasteiger partial charge in [0.25, 0.3) is 0 Å². The highest BCUT2D eigenvalue weighted by molar-refractivity contribution is 5.93. The fourth-order valence-electron chi connectivity index (χ4n) is 3.93. The molecule has 148 valence electrons. The predicted molar refractivity (Wildman–Crippen MR) is 103 cm³/mol. The SMILES string of the molecule is CCCCCCCCCCCCCC(CC)(CC)C(C(=O)O)C(=O)O. The van der Waals surface area contributed by atoms with E-state index in [1.807, 2.05) is 13.8 Å². The Morgan fingerprint density at radius 1 is 0.680 bits per heavy atom. The molecule has 0 amide bonds. The molecule has 0 bridgehead atoms. The second-order valence-electron chi connectivity index (χ2n) is 7.46. The lowest BCUT2D eigenvalue weighted by Crippen LogP contribution is -2.40. The Bertz CT molecular complexity index is 347. The molecule has 0 atom stereocenters. The largest absolute Gasteiger partial charge is 0.481 e. The van der Waals surface area contributed by atoms with Gasteiger partial charge in [0.05, 0.1) is 0 Å². The van der Waals surface area contributed by atoms with Gasteiger partial charge in [0.1, 0.15) is 0 Å². The van der Waals surface area contributed by atoms with Crippen molar-refractivity contribution in [2.75, 3.05) is 0 Å². The third-order valence-corrected chi connectivity index (χ3v) is 5.79. The number of carboxylic acids is 2. The van der Waals surface area contributed by atoms with Gasteiger partial charge in [-0.15, -0.1) is 0 Å². The number of carbonyl (C=O) groups is 2. The highest BCUT2D eigenvalue weighted by Crippen LogP contribution is 2.41. The van der Waals surface area contributed by atoms with Gasteiger partial charge in [-0.2, -0.15) is 0 Å². The van der Waals surface area contributed by atoms with Gasteiger partial charge < -0.3 is 10.2 Å². The maximum absolute atomic E-state index is 11.4. The average Bonchev–Trinajstić information content (AvgIpc) is 2.57. The van der Waals surface area contributed by atoms with Crippen molar-refractivity contribution >= 4 is 11.9 Å². The number of rotatable bonds is 17. The molecule has 0 aromatic heterocycles. The molecule has 25 heavy (non-hydrogen) atoms. The van der Waals surface area contributed by atoms with Crippen molar-refractivity contribution in [3.05, 3.63) is 0 Å². The van der Waals surface area contributed by atoms with E-state index < -0.39 is 23.3 Å². The zero-order valence-electron chi connectivity index (χ0n) is 16.7. The molecule has 0 aromatic carbocycles. The van der Waals surface area contributed by atoms with Gasteiger partial charge in [-0.05, 0) is 24.7 Å². The quantitative estimate of drug-likeness (QED) is 0.237. The molecular formula is C21H40O4. The summed E-state index contributed by atoms with van der Waals surface area (Å²) in [5.41, 5.74) is -0.614. The van der Waals surface area contributed by atoms with Crippen molar-refractivity contribution in [3.8, 4) is 0 Å². The molecule has 0 saturated carbocycles. The molecule has 0 spiro atoms. The highest BCUT2D eigenvalue weighted by Gasteiger charge is 2.44. The van der Waals surface area contributed by atoms with E-state index in [4.69, 9.17) is 0 Å². The molecule has 0 aliphatic heterocycles. The van der Waals surface area contributed by atoms with Crippen LogP contribution in [0, 0.1) is 11.3 Å². The topological polar surface area (TPSA) is 74.6 Å². The van der Waals surface area contributed by atoms with Crippen LogP contribution in [0.3, 0.4) is 0 Å². The van der Waals surface area contributed by atoms with E-state index in [-0.39, 0.29) is 0 Å². The van der Waals surface area contributed by atoms with Crippen LogP contribution in [0.1, 0.15) is 111 Å². The van der Waals surface area contributed by atoms with E-state index in [1.165, 1.54) is 57.8 Å². The van der Waals surface area contributed by atoms with Crippen LogP contribution in [0.4, 0.5) is 0 Å². The zero-order valence-corrected chi connectivity index (χ0v) is 16.7. The van der Waals surface area contributed by atoms with Crippen LogP contribution in [-0.2, 0) is 9.59 Å². The van der Waals surface area contributed by atoms with Gasteiger partial charge in [-0.25, -0.2) is 0 Å². The lowest BCUT2D eigenvalue weighted by Gasteiger charge is -2.35. The van der Waals surface area contributed by atoms with Crippen molar-refractivity contribution in [3.63, 3.8) is 0 Å². The summed E-state index contributed by atoms with van der Waals surface area (Å²) in [6.45, 7) is 6.07. The normalized spacial score (nSPS) is 11.8. The summed E-state index contributed by atoms with van der Waals surface area (Å²) < 4.78 is 0. The Labute approximate surface area is 154 Å². The third kappa shape index (κ3) is 9.27. The predicted octanol–water partition coefficient (Wildman–Crippen LogP) is 6.28. The van der Waals surface area contributed by atoms with Crippen LogP contribution >= 0.6 is 0 Å². The van der Waals surface area contributed by atoms with E-state index in [9.17, 15) is 19.8 Å². The highest BCUT2D eigenvalue weighted by atomic mass is 16.4. The molecule has 0 aliphatic rings. The monoisotopic (exact) mass is 356 g/mol. The minimum absolute atomic E-state index is 0.602. The molecule has 0 fully saturated rings. The summed E-state index contributed by atoms with van der Waals surface area (Å²) in [6.07, 6.45) is 15.6. The smallest absolute Gasteiger partial charge is 0.318 e. The number of hydrogen-bond donors (Lipinski definition) is 2. The fourth-order valence-corrected chi connectivity index (χ4v) is 3.93. The first kappa shape index (κ1) is 23.9. The molecule has 0 aromatic rings. The standard InChI is InChI=1S/C21H40O4/c1-4-7-8-9-10-11-12-13-14-15-16-17-21(5-2,6-3)18(19(22)23)20(24)25/h18H,4-17H2,1-3H3,(H,22,23)(H,24,25). The van der Waals surface area contributed by atoms with Gasteiger partial charge in [-0.3, -0.25) is 9.59 Å². The second-order valence-corrected chi connectivity index (χ2v) is 7.46. The first-order valence-corrected chi connectivity index (χ1v) is 10.4. The Balaban J connectivity index is 4.05. The Morgan fingerprint density at radius 2 is 1.04 bits per heavy atom. The summed E-state index contributed by atoms with van der Waals surface area (Å²) in [4.78, 5) is 22.9. The molecular weight excluding hydrogens is 316 g/mol. The van der Waals surface area contributed by atoms with Gasteiger partial charge in [0.2, 0.25) is 0 Å². The van der Waals surface area contributed by atoms with E-state index in [1.54, 1.807) is 0 Å². The molecule has 4 nitrogen and oxygen atoms in total. The molecule has 4 heteroatoms. The second kappa shape index (κ2) is 14.1. The molecule has 0 unspecified atom stereocenters. The minimum Gasteiger partial charge on any atom is -0.481 e. The van der Waals surface area contributed by atoms with E-state index in [0.29, 0.717) is 19.3 Å². The maximum Gasteiger partial charge on any atom is 0.318 e. The zero-order chi connectivity index (χ0) is 19.1. The lowest BCUT2D eigenvalue weighted by atomic mass is 9.68. The molecule has 0 aliphatic carbocycles. The van der Waals surface area contributed by atoms with Gasteiger partial charge in [0, 0.05) is 0 Å². The van der Waals surface area contributed by atoms with Crippen molar-refractivity contribution in [1.82, 2.24) is 0 Å². The van der Waals surface area contributed by atoms with Gasteiger partial charge in [0.15, 0.2) is 5.92 Å². The van der Waals surface area contributed by atoms with E-state index in [0.717, 1.165) is 12.8 Å². The van der Waals surface area contributed by atoms with Crippen molar-refractivity contribution in [2.45, 2.75) is 111 Å². The van der Waals surface area contributed by atoms with Crippen LogP contribution in [0.2, 0.25) is 0 Å². The first-order valence-electron chi connectivity index (χ1n) is 10.4. The molecule has 2 N–H and O–H groups in total. The Kier molecular flexibility index (Phi) is 13.5. The van der Waals surface area contributed by atoms with E-state index in [2.05, 4.69) is 6.92 Å².